The molecule has 1 saturated carbocycles. The van der Waals surface area contributed by atoms with Gasteiger partial charge in [-0.1, -0.05) is 26.8 Å². The Morgan fingerprint density at radius 3 is 2.65 bits per heavy atom. The third kappa shape index (κ3) is 3.43. The molecule has 1 fully saturated rings. The van der Waals surface area contributed by atoms with Crippen LogP contribution >= 0.6 is 0 Å². The highest BCUT2D eigenvalue weighted by Gasteiger charge is 2.51. The van der Waals surface area contributed by atoms with Gasteiger partial charge in [0.1, 0.15) is 0 Å². The lowest BCUT2D eigenvalue weighted by atomic mass is 9.84. The number of anilines is 2. The van der Waals surface area contributed by atoms with Gasteiger partial charge in [0.2, 0.25) is 12.7 Å². The molecule has 0 radical (unpaired) electrons. The Hall–Kier alpha value is -2.73. The summed E-state index contributed by atoms with van der Waals surface area (Å²) in [4.78, 5) is 15.7. The largest absolute Gasteiger partial charge is 0.454 e. The van der Waals surface area contributed by atoms with Gasteiger partial charge in [-0.3, -0.25) is 4.79 Å². The van der Waals surface area contributed by atoms with Crippen molar-refractivity contribution in [1.82, 2.24) is 0 Å². The van der Waals surface area contributed by atoms with E-state index in [0.717, 1.165) is 48.6 Å². The number of nitrogens with two attached hydrogens (primary N) is 1. The van der Waals surface area contributed by atoms with Gasteiger partial charge >= 0.3 is 0 Å². The van der Waals surface area contributed by atoms with E-state index in [9.17, 15) is 4.79 Å². The Morgan fingerprint density at radius 2 is 1.94 bits per heavy atom. The molecule has 2 aromatic carbocycles. The fraction of sp³-hybridized carbons (Fsp3) is 0.480. The van der Waals surface area contributed by atoms with E-state index < -0.39 is 5.41 Å². The lowest BCUT2D eigenvalue weighted by Crippen LogP contribution is -2.44. The Kier molecular flexibility index (Phi) is 4.66. The maximum atomic E-state index is 13.3. The van der Waals surface area contributed by atoms with Gasteiger partial charge in [-0.05, 0) is 66.1 Å². The molecule has 0 spiro atoms. The number of benzene rings is 2. The standard InChI is InChI=1S/C25H31N3O3/c1-24(2,3)22-13-16-12-18(5-6-19(16)28(22)11-10-26)27-23(29)25(8-9-25)17-4-7-20-21(14-17)31-15-30-20/h4-7,12,14,22H,8-11,13,15,26H2,1-3H3,(H,27,29). The fourth-order valence-electron chi connectivity index (χ4n) is 5.00. The van der Waals surface area contributed by atoms with E-state index in [2.05, 4.69) is 43.1 Å². The second kappa shape index (κ2) is 7.16. The van der Waals surface area contributed by atoms with Crippen molar-refractivity contribution in [3.8, 4) is 11.5 Å². The Labute approximate surface area is 183 Å². The summed E-state index contributed by atoms with van der Waals surface area (Å²) in [5, 5.41) is 3.19. The second-order valence-electron chi connectivity index (χ2n) is 10.0. The van der Waals surface area contributed by atoms with Crippen LogP contribution < -0.4 is 25.4 Å². The first kappa shape index (κ1) is 20.2. The smallest absolute Gasteiger partial charge is 0.235 e. The van der Waals surface area contributed by atoms with Crippen LogP contribution in [-0.2, 0) is 16.6 Å². The fourth-order valence-corrected chi connectivity index (χ4v) is 5.00. The normalized spacial score (nSPS) is 20.5. The van der Waals surface area contributed by atoms with Gasteiger partial charge in [0.25, 0.3) is 0 Å². The molecule has 0 saturated heterocycles. The van der Waals surface area contributed by atoms with E-state index in [1.807, 2.05) is 24.3 Å². The SMILES string of the molecule is CC(C)(C)C1Cc2cc(NC(=O)C3(c4ccc5c(c4)OCO5)CC3)ccc2N1CCN. The van der Waals surface area contributed by atoms with Gasteiger partial charge in [0.05, 0.1) is 5.41 Å². The summed E-state index contributed by atoms with van der Waals surface area (Å²) < 4.78 is 10.9. The predicted octanol–water partition coefficient (Wildman–Crippen LogP) is 3.82. The van der Waals surface area contributed by atoms with Crippen LogP contribution in [0.25, 0.3) is 0 Å². The molecule has 5 rings (SSSR count). The van der Waals surface area contributed by atoms with E-state index in [-0.39, 0.29) is 18.1 Å². The highest BCUT2D eigenvalue weighted by atomic mass is 16.7. The molecule has 1 unspecified atom stereocenters. The number of fused-ring (bicyclic) bond motifs is 2. The molecule has 164 valence electrons. The molecule has 2 aliphatic heterocycles. The molecule has 3 aliphatic rings. The van der Waals surface area contributed by atoms with Crippen LogP contribution in [-0.4, -0.2) is 31.8 Å². The molecule has 0 aromatic heterocycles. The van der Waals surface area contributed by atoms with Crippen LogP contribution in [0.1, 0.15) is 44.7 Å². The zero-order valence-corrected chi connectivity index (χ0v) is 18.5. The molecular formula is C25H31N3O3. The molecule has 1 aliphatic carbocycles. The first-order valence-corrected chi connectivity index (χ1v) is 11.1. The zero-order valence-electron chi connectivity index (χ0n) is 18.5. The number of ether oxygens (including phenoxy) is 2. The van der Waals surface area contributed by atoms with Crippen LogP contribution in [0.3, 0.4) is 0 Å². The monoisotopic (exact) mass is 421 g/mol. The molecule has 2 aromatic rings. The number of carbonyl (C=O) groups is 1. The minimum Gasteiger partial charge on any atom is -0.454 e. The molecule has 1 atom stereocenters. The van der Waals surface area contributed by atoms with E-state index in [1.165, 1.54) is 11.3 Å². The Bertz CT molecular complexity index is 1020. The second-order valence-corrected chi connectivity index (χ2v) is 10.0. The minimum absolute atomic E-state index is 0.0514. The van der Waals surface area contributed by atoms with E-state index in [1.54, 1.807) is 0 Å². The van der Waals surface area contributed by atoms with Crippen LogP contribution in [0.2, 0.25) is 0 Å². The molecule has 3 N–H and O–H groups in total. The molecule has 1 amide bonds. The van der Waals surface area contributed by atoms with Crippen molar-refractivity contribution in [2.75, 3.05) is 30.1 Å². The van der Waals surface area contributed by atoms with Crippen molar-refractivity contribution >= 4 is 17.3 Å². The summed E-state index contributed by atoms with van der Waals surface area (Å²) in [6.45, 7) is 8.54. The van der Waals surface area contributed by atoms with Crippen molar-refractivity contribution in [1.29, 1.82) is 0 Å². The Morgan fingerprint density at radius 1 is 1.16 bits per heavy atom. The highest BCUT2D eigenvalue weighted by molar-refractivity contribution is 6.01. The molecule has 0 bridgehead atoms. The number of amides is 1. The molecule has 31 heavy (non-hydrogen) atoms. The van der Waals surface area contributed by atoms with Crippen LogP contribution in [0.4, 0.5) is 11.4 Å². The number of hydrogen-bond acceptors (Lipinski definition) is 5. The van der Waals surface area contributed by atoms with E-state index in [0.29, 0.717) is 12.6 Å². The minimum atomic E-state index is -0.473. The molecular weight excluding hydrogens is 390 g/mol. The summed E-state index contributed by atoms with van der Waals surface area (Å²) in [6.07, 6.45) is 2.66. The van der Waals surface area contributed by atoms with Gasteiger partial charge in [-0.25, -0.2) is 0 Å². The maximum absolute atomic E-state index is 13.3. The number of carbonyl (C=O) groups excluding carboxylic acids is 1. The lowest BCUT2D eigenvalue weighted by Gasteiger charge is -2.36. The van der Waals surface area contributed by atoms with Crippen LogP contribution in [0.5, 0.6) is 11.5 Å². The van der Waals surface area contributed by atoms with Crippen molar-refractivity contribution in [3.63, 3.8) is 0 Å². The van der Waals surface area contributed by atoms with Gasteiger partial charge in [0.15, 0.2) is 11.5 Å². The quantitative estimate of drug-likeness (QED) is 0.768. The van der Waals surface area contributed by atoms with Crippen molar-refractivity contribution < 1.29 is 14.3 Å². The predicted molar refractivity (Wildman–Crippen MR) is 122 cm³/mol. The highest BCUT2D eigenvalue weighted by Crippen LogP contribution is 2.51. The summed E-state index contributed by atoms with van der Waals surface area (Å²) >= 11 is 0. The maximum Gasteiger partial charge on any atom is 0.235 e. The lowest BCUT2D eigenvalue weighted by molar-refractivity contribution is -0.118. The summed E-state index contributed by atoms with van der Waals surface area (Å²) in [5.41, 5.74) is 9.94. The topological polar surface area (TPSA) is 76.8 Å². The van der Waals surface area contributed by atoms with Crippen LogP contribution in [0, 0.1) is 5.41 Å². The first-order valence-electron chi connectivity index (χ1n) is 11.1. The first-order chi connectivity index (χ1) is 14.8. The summed E-state index contributed by atoms with van der Waals surface area (Å²) in [6, 6.07) is 12.5. The van der Waals surface area contributed by atoms with Gasteiger partial charge in [-0.2, -0.15) is 0 Å². The molecule has 6 nitrogen and oxygen atoms in total. The average Bonchev–Trinajstić information content (AvgIpc) is 3.27. The van der Waals surface area contributed by atoms with E-state index in [4.69, 9.17) is 15.2 Å². The van der Waals surface area contributed by atoms with Crippen molar-refractivity contribution in [2.45, 2.75) is 51.5 Å². The number of rotatable bonds is 5. The van der Waals surface area contributed by atoms with Gasteiger partial charge in [-0.15, -0.1) is 0 Å². The average molecular weight is 422 g/mol. The number of nitrogens with zero attached hydrogens (tertiary/aromatic N) is 1. The summed E-state index contributed by atoms with van der Waals surface area (Å²) in [5.74, 6) is 1.52. The Balaban J connectivity index is 1.36. The van der Waals surface area contributed by atoms with Crippen LogP contribution in [0.15, 0.2) is 36.4 Å². The molecule has 2 heterocycles. The third-order valence-corrected chi connectivity index (χ3v) is 6.92. The van der Waals surface area contributed by atoms with Crippen molar-refractivity contribution in [2.24, 2.45) is 11.1 Å². The van der Waals surface area contributed by atoms with Gasteiger partial charge < -0.3 is 25.4 Å². The molecule has 6 heteroatoms. The third-order valence-electron chi connectivity index (χ3n) is 6.92. The number of hydrogen-bond donors (Lipinski definition) is 2. The van der Waals surface area contributed by atoms with Gasteiger partial charge in [0, 0.05) is 30.5 Å². The zero-order chi connectivity index (χ0) is 21.8. The number of nitrogens with one attached hydrogen (secondary N) is 1. The summed E-state index contributed by atoms with van der Waals surface area (Å²) in [7, 11) is 0. The van der Waals surface area contributed by atoms with Crippen molar-refractivity contribution in [3.05, 3.63) is 47.5 Å². The van der Waals surface area contributed by atoms with E-state index >= 15 is 0 Å².